The molecule has 0 aliphatic heterocycles. The van der Waals surface area contributed by atoms with Crippen molar-refractivity contribution in [2.45, 2.75) is 39.0 Å². The van der Waals surface area contributed by atoms with Crippen LogP contribution in [0.5, 0.6) is 0 Å². The lowest BCUT2D eigenvalue weighted by Gasteiger charge is -2.06. The van der Waals surface area contributed by atoms with E-state index >= 15 is 0 Å². The van der Waals surface area contributed by atoms with Crippen molar-refractivity contribution < 1.29 is 4.79 Å². The van der Waals surface area contributed by atoms with Gasteiger partial charge in [-0.05, 0) is 49.6 Å². The molecule has 0 unspecified atom stereocenters. The third-order valence-electron chi connectivity index (χ3n) is 3.21. The molecule has 0 radical (unpaired) electrons. The molecule has 2 aromatic rings. The normalized spacial score (nSPS) is 10.7. The predicted octanol–water partition coefficient (Wildman–Crippen LogP) is 4.00. The monoisotopic (exact) mass is 290 g/mol. The van der Waals surface area contributed by atoms with Gasteiger partial charge in [-0.25, -0.2) is 4.68 Å². The maximum absolute atomic E-state index is 10.6. The number of hydrogen-bond donors (Lipinski definition) is 0. The Bertz CT molecular complexity index is 560. The quantitative estimate of drug-likeness (QED) is 0.723. The van der Waals surface area contributed by atoms with Gasteiger partial charge in [-0.1, -0.05) is 24.9 Å². The molecule has 0 aliphatic rings. The molecule has 0 fully saturated rings. The molecule has 3 nitrogen and oxygen atoms in total. The zero-order valence-corrected chi connectivity index (χ0v) is 12.4. The van der Waals surface area contributed by atoms with Gasteiger partial charge in [0.25, 0.3) is 0 Å². The van der Waals surface area contributed by atoms with E-state index in [9.17, 15) is 4.79 Å². The molecule has 4 heteroatoms. The van der Waals surface area contributed by atoms with E-state index in [1.165, 1.54) is 0 Å². The van der Waals surface area contributed by atoms with Crippen LogP contribution in [0.2, 0.25) is 5.02 Å². The highest BCUT2D eigenvalue weighted by Gasteiger charge is 2.09. The SMILES string of the molecule is CCCCc1cc(CCC=O)n(-c2ccc(Cl)cc2)n1. The maximum Gasteiger partial charge on any atom is 0.120 e. The summed E-state index contributed by atoms with van der Waals surface area (Å²) in [5.74, 6) is 0. The Kier molecular flexibility index (Phi) is 5.36. The average Bonchev–Trinajstić information content (AvgIpc) is 2.87. The first-order chi connectivity index (χ1) is 9.74. The lowest BCUT2D eigenvalue weighted by molar-refractivity contribution is -0.107. The van der Waals surface area contributed by atoms with Crippen molar-refractivity contribution in [3.8, 4) is 5.69 Å². The van der Waals surface area contributed by atoms with Crippen LogP contribution in [-0.4, -0.2) is 16.1 Å². The summed E-state index contributed by atoms with van der Waals surface area (Å²) >= 11 is 5.92. The molecule has 0 bridgehead atoms. The van der Waals surface area contributed by atoms with Gasteiger partial charge in [-0.3, -0.25) is 0 Å². The van der Waals surface area contributed by atoms with E-state index in [-0.39, 0.29) is 0 Å². The van der Waals surface area contributed by atoms with Gasteiger partial charge >= 0.3 is 0 Å². The van der Waals surface area contributed by atoms with Crippen molar-refractivity contribution in [2.24, 2.45) is 0 Å². The number of carbonyl (C=O) groups is 1. The zero-order valence-electron chi connectivity index (χ0n) is 11.7. The molecule has 0 atom stereocenters. The first-order valence-electron chi connectivity index (χ1n) is 7.02. The van der Waals surface area contributed by atoms with Gasteiger partial charge in [-0.15, -0.1) is 0 Å². The molecule has 0 aliphatic carbocycles. The van der Waals surface area contributed by atoms with Crippen LogP contribution in [0.15, 0.2) is 30.3 Å². The highest BCUT2D eigenvalue weighted by molar-refractivity contribution is 6.30. The molecule has 1 aromatic carbocycles. The molecule has 106 valence electrons. The number of aryl methyl sites for hydroxylation is 2. The van der Waals surface area contributed by atoms with E-state index in [0.717, 1.165) is 42.6 Å². The number of rotatable bonds is 7. The Balaban J connectivity index is 2.30. The summed E-state index contributed by atoms with van der Waals surface area (Å²) in [4.78, 5) is 10.6. The number of halogens is 1. The Morgan fingerprint density at radius 1 is 1.25 bits per heavy atom. The molecule has 0 spiro atoms. The second-order valence-electron chi connectivity index (χ2n) is 4.82. The second kappa shape index (κ2) is 7.25. The summed E-state index contributed by atoms with van der Waals surface area (Å²) in [5, 5.41) is 5.37. The van der Waals surface area contributed by atoms with Crippen molar-refractivity contribution in [1.29, 1.82) is 0 Å². The van der Waals surface area contributed by atoms with Crippen molar-refractivity contribution in [3.05, 3.63) is 46.7 Å². The fourth-order valence-corrected chi connectivity index (χ4v) is 2.27. The van der Waals surface area contributed by atoms with Gasteiger partial charge in [0.05, 0.1) is 11.4 Å². The van der Waals surface area contributed by atoms with Crippen LogP contribution in [-0.2, 0) is 17.6 Å². The van der Waals surface area contributed by atoms with Crippen LogP contribution in [0.3, 0.4) is 0 Å². The van der Waals surface area contributed by atoms with Crippen LogP contribution in [0, 0.1) is 0 Å². The highest BCUT2D eigenvalue weighted by atomic mass is 35.5. The molecular weight excluding hydrogens is 272 g/mol. The molecule has 0 amide bonds. The summed E-state index contributed by atoms with van der Waals surface area (Å²) in [6, 6.07) is 9.71. The van der Waals surface area contributed by atoms with Gasteiger partial charge < -0.3 is 4.79 Å². The summed E-state index contributed by atoms with van der Waals surface area (Å²) in [5.41, 5.74) is 3.14. The average molecular weight is 291 g/mol. The summed E-state index contributed by atoms with van der Waals surface area (Å²) in [6.07, 6.45) is 5.44. The molecule has 0 saturated heterocycles. The lowest BCUT2D eigenvalue weighted by atomic mass is 10.1. The van der Waals surface area contributed by atoms with Crippen LogP contribution < -0.4 is 0 Å². The van der Waals surface area contributed by atoms with E-state index in [1.807, 2.05) is 28.9 Å². The topological polar surface area (TPSA) is 34.9 Å². The molecule has 1 aromatic heterocycles. The minimum atomic E-state index is 0.520. The zero-order chi connectivity index (χ0) is 14.4. The number of aldehydes is 1. The maximum atomic E-state index is 10.6. The van der Waals surface area contributed by atoms with E-state index < -0.39 is 0 Å². The summed E-state index contributed by atoms with van der Waals surface area (Å²) < 4.78 is 1.92. The number of benzene rings is 1. The Morgan fingerprint density at radius 2 is 2.00 bits per heavy atom. The van der Waals surface area contributed by atoms with Gasteiger partial charge in [-0.2, -0.15) is 5.10 Å². The van der Waals surface area contributed by atoms with Crippen molar-refractivity contribution >= 4 is 17.9 Å². The molecular formula is C16H19ClN2O. The van der Waals surface area contributed by atoms with E-state index in [4.69, 9.17) is 11.6 Å². The number of carbonyl (C=O) groups excluding carboxylic acids is 1. The number of nitrogens with zero attached hydrogens (tertiary/aromatic N) is 2. The fraction of sp³-hybridized carbons (Fsp3) is 0.375. The number of hydrogen-bond acceptors (Lipinski definition) is 2. The molecule has 20 heavy (non-hydrogen) atoms. The van der Waals surface area contributed by atoms with E-state index in [1.54, 1.807) is 0 Å². The third kappa shape index (κ3) is 3.70. The number of aromatic nitrogens is 2. The van der Waals surface area contributed by atoms with Gasteiger partial charge in [0.2, 0.25) is 0 Å². The Labute approximate surface area is 124 Å². The first kappa shape index (κ1) is 14.8. The molecule has 0 saturated carbocycles. The van der Waals surface area contributed by atoms with Crippen LogP contribution in [0.1, 0.15) is 37.6 Å². The molecule has 0 N–H and O–H groups in total. The lowest BCUT2D eigenvalue weighted by Crippen LogP contribution is -2.02. The predicted molar refractivity (Wildman–Crippen MR) is 81.6 cm³/mol. The summed E-state index contributed by atoms with van der Waals surface area (Å²) in [7, 11) is 0. The Morgan fingerprint density at radius 3 is 2.65 bits per heavy atom. The number of unbranched alkanes of at least 4 members (excludes halogenated alkanes) is 1. The second-order valence-corrected chi connectivity index (χ2v) is 5.26. The summed E-state index contributed by atoms with van der Waals surface area (Å²) in [6.45, 7) is 2.17. The van der Waals surface area contributed by atoms with Gasteiger partial charge in [0.15, 0.2) is 0 Å². The third-order valence-corrected chi connectivity index (χ3v) is 3.46. The minimum Gasteiger partial charge on any atom is -0.303 e. The van der Waals surface area contributed by atoms with Crippen molar-refractivity contribution in [2.75, 3.05) is 0 Å². The van der Waals surface area contributed by atoms with Crippen LogP contribution >= 0.6 is 11.6 Å². The molecule has 1 heterocycles. The van der Waals surface area contributed by atoms with Gasteiger partial charge in [0, 0.05) is 17.1 Å². The highest BCUT2D eigenvalue weighted by Crippen LogP contribution is 2.18. The van der Waals surface area contributed by atoms with E-state index in [0.29, 0.717) is 17.9 Å². The van der Waals surface area contributed by atoms with Crippen LogP contribution in [0.4, 0.5) is 0 Å². The largest absolute Gasteiger partial charge is 0.303 e. The minimum absolute atomic E-state index is 0.520. The van der Waals surface area contributed by atoms with E-state index in [2.05, 4.69) is 18.1 Å². The Hall–Kier alpha value is -1.61. The molecule has 2 rings (SSSR count). The first-order valence-corrected chi connectivity index (χ1v) is 7.39. The fourth-order valence-electron chi connectivity index (χ4n) is 2.15. The van der Waals surface area contributed by atoms with Gasteiger partial charge in [0.1, 0.15) is 6.29 Å². The van der Waals surface area contributed by atoms with Crippen molar-refractivity contribution in [1.82, 2.24) is 9.78 Å². The van der Waals surface area contributed by atoms with Crippen LogP contribution in [0.25, 0.3) is 5.69 Å². The standard InChI is InChI=1S/C16H19ClN2O/c1-2-3-5-14-12-16(6-4-11-20)19(18-14)15-9-7-13(17)8-10-15/h7-12H,2-6H2,1H3. The van der Waals surface area contributed by atoms with Crippen molar-refractivity contribution in [3.63, 3.8) is 0 Å². The smallest absolute Gasteiger partial charge is 0.120 e.